The molecule has 0 aromatic rings. The van der Waals surface area contributed by atoms with Crippen molar-refractivity contribution in [2.75, 3.05) is 0 Å². The van der Waals surface area contributed by atoms with Gasteiger partial charge in [0.25, 0.3) is 5.97 Å². The fourth-order valence-electron chi connectivity index (χ4n) is 0.398. The summed E-state index contributed by atoms with van der Waals surface area (Å²) >= 11 is 0. The van der Waals surface area contributed by atoms with E-state index >= 15 is 0 Å². The van der Waals surface area contributed by atoms with Crippen LogP contribution >= 0.6 is 0 Å². The maximum atomic E-state index is 10.3. The number of carboxylic acid groups (broad SMARTS) is 1. The van der Waals surface area contributed by atoms with E-state index in [9.17, 15) is 4.79 Å². The maximum Gasteiger partial charge on any atom is 0.300 e. The summed E-state index contributed by atoms with van der Waals surface area (Å²) in [6.45, 7) is 1.08. The minimum Gasteiger partial charge on any atom is -0.481 e. The lowest BCUT2D eigenvalue weighted by molar-refractivity contribution is -0.134. The number of aliphatic imine (C=N–C) groups is 1. The first-order chi connectivity index (χ1) is 5.13. The van der Waals surface area contributed by atoms with Crippen molar-refractivity contribution in [3.63, 3.8) is 0 Å². The topological polar surface area (TPSA) is 66.7 Å². The monoisotopic (exact) mass is 155 g/mol. The summed E-state index contributed by atoms with van der Waals surface area (Å²) in [5.41, 5.74) is 0. The van der Waals surface area contributed by atoms with Crippen LogP contribution in [0.1, 0.15) is 13.3 Å². The van der Waals surface area contributed by atoms with Crippen LogP contribution in [0.3, 0.4) is 0 Å². The fourth-order valence-corrected chi connectivity index (χ4v) is 0.398. The highest BCUT2D eigenvalue weighted by molar-refractivity contribution is 6.00. The predicted octanol–water partition coefficient (Wildman–Crippen LogP) is 0.635. The van der Waals surface area contributed by atoms with Gasteiger partial charge in [-0.15, -0.1) is 0 Å². The molecule has 0 amide bonds. The Kier molecular flexibility index (Phi) is 4.64. The van der Waals surface area contributed by atoms with E-state index in [1.54, 1.807) is 6.21 Å². The number of rotatable bonds is 0. The number of carbonyl (C=O) groups is 2. The molecule has 0 unspecified atom stereocenters. The quantitative estimate of drug-likeness (QED) is 0.558. The van der Waals surface area contributed by atoms with Crippen LogP contribution in [0.5, 0.6) is 0 Å². The first kappa shape index (κ1) is 9.55. The molecule has 1 rings (SSSR count). The van der Waals surface area contributed by atoms with Crippen molar-refractivity contribution in [2.45, 2.75) is 13.3 Å². The van der Waals surface area contributed by atoms with E-state index in [1.807, 2.05) is 0 Å². The highest BCUT2D eigenvalue weighted by Gasteiger charge is 1.93. The van der Waals surface area contributed by atoms with Crippen LogP contribution in [0.15, 0.2) is 17.3 Å². The lowest BCUT2D eigenvalue weighted by atomic mass is 10.3. The van der Waals surface area contributed by atoms with E-state index < -0.39 is 5.97 Å². The van der Waals surface area contributed by atoms with E-state index in [2.05, 4.69) is 4.99 Å². The van der Waals surface area contributed by atoms with Crippen molar-refractivity contribution < 1.29 is 14.7 Å². The third kappa shape index (κ3) is 8.55. The standard InChI is InChI=1S/C5H5NO.C2H4O2/c7-5-1-3-6-4-2-5;1-2(3)4/h1,3-4H,2H2;1H3,(H,3,4). The number of aliphatic carboxylic acids is 1. The molecule has 0 bridgehead atoms. The molecular formula is C7H9NO3. The average molecular weight is 155 g/mol. The number of ketones is 1. The van der Waals surface area contributed by atoms with Gasteiger partial charge in [0.15, 0.2) is 5.78 Å². The van der Waals surface area contributed by atoms with E-state index in [4.69, 9.17) is 9.90 Å². The van der Waals surface area contributed by atoms with Gasteiger partial charge in [-0.1, -0.05) is 0 Å². The molecule has 0 aromatic carbocycles. The molecule has 0 aliphatic carbocycles. The highest BCUT2D eigenvalue weighted by Crippen LogP contribution is 1.88. The van der Waals surface area contributed by atoms with Gasteiger partial charge in [0.1, 0.15) is 0 Å². The molecule has 4 heteroatoms. The molecule has 0 saturated carbocycles. The van der Waals surface area contributed by atoms with Crippen LogP contribution in [-0.4, -0.2) is 23.1 Å². The van der Waals surface area contributed by atoms with Crippen molar-refractivity contribution in [3.8, 4) is 0 Å². The number of allylic oxidation sites excluding steroid dienone is 1. The summed E-state index contributed by atoms with van der Waals surface area (Å²) in [7, 11) is 0. The molecule has 0 radical (unpaired) electrons. The number of hydrogen-bond donors (Lipinski definition) is 1. The van der Waals surface area contributed by atoms with Crippen molar-refractivity contribution in [3.05, 3.63) is 12.3 Å². The van der Waals surface area contributed by atoms with Gasteiger partial charge in [-0.2, -0.15) is 0 Å². The lowest BCUT2D eigenvalue weighted by Crippen LogP contribution is -1.95. The summed E-state index contributed by atoms with van der Waals surface area (Å²) < 4.78 is 0. The van der Waals surface area contributed by atoms with Crippen LogP contribution in [0.25, 0.3) is 0 Å². The molecule has 1 aliphatic heterocycles. The van der Waals surface area contributed by atoms with Gasteiger partial charge in [-0.05, 0) is 6.08 Å². The summed E-state index contributed by atoms with van der Waals surface area (Å²) in [4.78, 5) is 23.0. The van der Waals surface area contributed by atoms with Gasteiger partial charge in [-0.25, -0.2) is 0 Å². The number of nitrogens with zero attached hydrogens (tertiary/aromatic N) is 1. The molecule has 0 spiro atoms. The number of hydrogen-bond acceptors (Lipinski definition) is 3. The predicted molar refractivity (Wildman–Crippen MR) is 40.6 cm³/mol. The van der Waals surface area contributed by atoms with E-state index in [0.29, 0.717) is 6.42 Å². The highest BCUT2D eigenvalue weighted by atomic mass is 16.4. The molecule has 60 valence electrons. The minimum absolute atomic E-state index is 0.134. The second kappa shape index (κ2) is 5.34. The van der Waals surface area contributed by atoms with Crippen LogP contribution in [0, 0.1) is 0 Å². The second-order valence-corrected chi connectivity index (χ2v) is 1.84. The van der Waals surface area contributed by atoms with Gasteiger partial charge >= 0.3 is 0 Å². The van der Waals surface area contributed by atoms with Crippen molar-refractivity contribution in [1.82, 2.24) is 0 Å². The first-order valence-electron chi connectivity index (χ1n) is 3.03. The van der Waals surface area contributed by atoms with Crippen LogP contribution in [-0.2, 0) is 9.59 Å². The summed E-state index contributed by atoms with van der Waals surface area (Å²) in [6.07, 6.45) is 5.05. The van der Waals surface area contributed by atoms with Gasteiger partial charge in [0.2, 0.25) is 0 Å². The molecule has 0 fully saturated rings. The van der Waals surface area contributed by atoms with Gasteiger partial charge < -0.3 is 5.11 Å². The summed E-state index contributed by atoms with van der Waals surface area (Å²) in [5, 5.41) is 7.42. The number of carboxylic acids is 1. The molecule has 0 atom stereocenters. The zero-order valence-corrected chi connectivity index (χ0v) is 6.15. The van der Waals surface area contributed by atoms with E-state index in [-0.39, 0.29) is 5.78 Å². The molecular weight excluding hydrogens is 146 g/mol. The molecule has 0 saturated heterocycles. The molecule has 0 aromatic heterocycles. The third-order valence-electron chi connectivity index (χ3n) is 0.744. The normalized spacial score (nSPS) is 13.7. The molecule has 1 N–H and O–H groups in total. The maximum absolute atomic E-state index is 10.3. The third-order valence-corrected chi connectivity index (χ3v) is 0.744. The Balaban J connectivity index is 0.000000218. The Morgan fingerprint density at radius 3 is 2.45 bits per heavy atom. The van der Waals surface area contributed by atoms with Crippen LogP contribution in [0.4, 0.5) is 0 Å². The zero-order valence-electron chi connectivity index (χ0n) is 6.15. The molecule has 11 heavy (non-hydrogen) atoms. The van der Waals surface area contributed by atoms with Gasteiger partial charge in [0, 0.05) is 25.8 Å². The van der Waals surface area contributed by atoms with Crippen molar-refractivity contribution in [1.29, 1.82) is 0 Å². The largest absolute Gasteiger partial charge is 0.481 e. The average Bonchev–Trinajstić information content (AvgIpc) is 1.87. The Morgan fingerprint density at radius 2 is 2.27 bits per heavy atom. The van der Waals surface area contributed by atoms with E-state index in [0.717, 1.165) is 6.92 Å². The Bertz CT molecular complexity index is 202. The smallest absolute Gasteiger partial charge is 0.300 e. The molecule has 1 aliphatic rings. The molecule has 1 heterocycles. The van der Waals surface area contributed by atoms with Crippen molar-refractivity contribution in [2.24, 2.45) is 4.99 Å². The van der Waals surface area contributed by atoms with Gasteiger partial charge in [0.05, 0.1) is 0 Å². The Morgan fingerprint density at radius 1 is 1.73 bits per heavy atom. The van der Waals surface area contributed by atoms with Gasteiger partial charge in [-0.3, -0.25) is 14.6 Å². The zero-order chi connectivity index (χ0) is 8.69. The van der Waals surface area contributed by atoms with Crippen LogP contribution in [0.2, 0.25) is 0 Å². The fraction of sp³-hybridized carbons (Fsp3) is 0.286. The first-order valence-corrected chi connectivity index (χ1v) is 3.03. The number of carbonyl (C=O) groups excluding carboxylic acids is 1. The summed E-state index contributed by atoms with van der Waals surface area (Å²) in [5.74, 6) is -0.699. The summed E-state index contributed by atoms with van der Waals surface area (Å²) in [6, 6.07) is 0. The Hall–Kier alpha value is -1.45. The van der Waals surface area contributed by atoms with Crippen LogP contribution < -0.4 is 0 Å². The van der Waals surface area contributed by atoms with E-state index in [1.165, 1.54) is 12.3 Å². The lowest BCUT2D eigenvalue weighted by Gasteiger charge is -1.88. The Labute approximate surface area is 64.3 Å². The SMILES string of the molecule is CC(=O)O.O=C1C=CN=CC1. The van der Waals surface area contributed by atoms with Crippen molar-refractivity contribution >= 4 is 18.0 Å². The minimum atomic E-state index is -0.833. The molecule has 4 nitrogen and oxygen atoms in total. The second-order valence-electron chi connectivity index (χ2n) is 1.84.